The maximum Gasteiger partial charge on any atom is 0.251 e. The van der Waals surface area contributed by atoms with E-state index >= 15 is 0 Å². The lowest BCUT2D eigenvalue weighted by atomic mass is 10.1. The third kappa shape index (κ3) is 3.74. The molecule has 2 aliphatic heterocycles. The zero-order valence-corrected chi connectivity index (χ0v) is 15.5. The summed E-state index contributed by atoms with van der Waals surface area (Å²) in [5, 5.41) is 2.86. The molecule has 1 aromatic carbocycles. The first-order chi connectivity index (χ1) is 13.6. The molecule has 2 aliphatic rings. The Balaban J connectivity index is 1.36. The molecule has 1 N–H and O–H groups in total. The van der Waals surface area contributed by atoms with Crippen LogP contribution in [0.1, 0.15) is 34.3 Å². The number of nitrogens with zero attached hydrogens (tertiary/aromatic N) is 3. The second-order valence-corrected chi connectivity index (χ2v) is 7.18. The molecule has 7 nitrogen and oxygen atoms in total. The molecule has 0 radical (unpaired) electrons. The van der Waals surface area contributed by atoms with Gasteiger partial charge in [-0.05, 0) is 42.2 Å². The molecule has 0 aliphatic carbocycles. The molecular weight excluding hydrogens is 356 g/mol. The predicted molar refractivity (Wildman–Crippen MR) is 102 cm³/mol. The maximum absolute atomic E-state index is 12.6. The van der Waals surface area contributed by atoms with Gasteiger partial charge in [-0.15, -0.1) is 0 Å². The highest BCUT2D eigenvalue weighted by Crippen LogP contribution is 2.24. The van der Waals surface area contributed by atoms with Crippen LogP contribution >= 0.6 is 0 Å². The summed E-state index contributed by atoms with van der Waals surface area (Å²) in [7, 11) is 0. The number of carbonyl (C=O) groups is 3. The summed E-state index contributed by atoms with van der Waals surface area (Å²) in [6, 6.07) is 10.6. The van der Waals surface area contributed by atoms with E-state index in [0.717, 1.165) is 24.0 Å². The largest absolute Gasteiger partial charge is 0.348 e. The van der Waals surface area contributed by atoms with Gasteiger partial charge in [0.2, 0.25) is 11.8 Å². The van der Waals surface area contributed by atoms with Crippen LogP contribution in [-0.4, -0.2) is 51.6 Å². The quantitative estimate of drug-likeness (QED) is 0.851. The van der Waals surface area contributed by atoms with Gasteiger partial charge in [0.1, 0.15) is 12.6 Å². The van der Waals surface area contributed by atoms with E-state index in [1.807, 2.05) is 24.3 Å². The van der Waals surface area contributed by atoms with Crippen LogP contribution in [0, 0.1) is 0 Å². The first-order valence-corrected chi connectivity index (χ1v) is 9.46. The minimum absolute atomic E-state index is 0.0218. The molecule has 1 aromatic heterocycles. The first-order valence-electron chi connectivity index (χ1n) is 9.46. The first kappa shape index (κ1) is 18.2. The molecule has 28 heavy (non-hydrogen) atoms. The number of benzene rings is 1. The highest BCUT2D eigenvalue weighted by atomic mass is 16.2. The van der Waals surface area contributed by atoms with Gasteiger partial charge in [-0.25, -0.2) is 0 Å². The Kier molecular flexibility index (Phi) is 5.06. The summed E-state index contributed by atoms with van der Waals surface area (Å²) in [6.07, 6.45) is 5.04. The summed E-state index contributed by atoms with van der Waals surface area (Å²) in [6.45, 7) is 1.61. The van der Waals surface area contributed by atoms with Crippen molar-refractivity contribution in [2.45, 2.75) is 32.0 Å². The summed E-state index contributed by atoms with van der Waals surface area (Å²) in [4.78, 5) is 44.5. The Labute approximate surface area is 163 Å². The molecule has 0 unspecified atom stereocenters. The Morgan fingerprint density at radius 2 is 1.96 bits per heavy atom. The molecule has 2 aromatic rings. The Hall–Kier alpha value is -3.22. The van der Waals surface area contributed by atoms with Crippen molar-refractivity contribution in [1.82, 2.24) is 20.1 Å². The van der Waals surface area contributed by atoms with Gasteiger partial charge in [-0.1, -0.05) is 18.2 Å². The third-order valence-electron chi connectivity index (χ3n) is 5.26. The molecule has 4 rings (SSSR count). The molecule has 0 bridgehead atoms. The van der Waals surface area contributed by atoms with Crippen molar-refractivity contribution in [3.05, 3.63) is 65.5 Å². The monoisotopic (exact) mass is 378 g/mol. The van der Waals surface area contributed by atoms with Crippen molar-refractivity contribution in [1.29, 1.82) is 0 Å². The summed E-state index contributed by atoms with van der Waals surface area (Å²) >= 11 is 0. The summed E-state index contributed by atoms with van der Waals surface area (Å²) in [5.74, 6) is -0.120. The molecule has 0 spiro atoms. The number of amides is 3. The van der Waals surface area contributed by atoms with E-state index in [-0.39, 0.29) is 30.3 Å². The van der Waals surface area contributed by atoms with E-state index < -0.39 is 0 Å². The lowest BCUT2D eigenvalue weighted by Gasteiger charge is -2.36. The molecular formula is C21H22N4O3. The van der Waals surface area contributed by atoms with Gasteiger partial charge in [0.15, 0.2) is 0 Å². The smallest absolute Gasteiger partial charge is 0.251 e. The second kappa shape index (κ2) is 7.80. The Morgan fingerprint density at radius 1 is 1.14 bits per heavy atom. The number of carbonyl (C=O) groups excluding carboxylic acids is 3. The van der Waals surface area contributed by atoms with Crippen molar-refractivity contribution in [2.24, 2.45) is 0 Å². The van der Waals surface area contributed by atoms with Crippen LogP contribution < -0.4 is 5.32 Å². The molecule has 3 amide bonds. The normalized spacial score (nSPS) is 18.9. The van der Waals surface area contributed by atoms with E-state index in [1.54, 1.807) is 34.3 Å². The van der Waals surface area contributed by atoms with Crippen molar-refractivity contribution in [3.8, 4) is 0 Å². The van der Waals surface area contributed by atoms with Crippen molar-refractivity contribution >= 4 is 17.7 Å². The van der Waals surface area contributed by atoms with E-state index in [1.165, 1.54) is 0 Å². The van der Waals surface area contributed by atoms with Gasteiger partial charge >= 0.3 is 0 Å². The highest BCUT2D eigenvalue weighted by Gasteiger charge is 2.41. The average Bonchev–Trinajstić information content (AvgIpc) is 3.22. The van der Waals surface area contributed by atoms with Gasteiger partial charge < -0.3 is 15.1 Å². The van der Waals surface area contributed by atoms with Crippen molar-refractivity contribution in [3.63, 3.8) is 0 Å². The third-order valence-corrected chi connectivity index (χ3v) is 5.26. The lowest BCUT2D eigenvalue weighted by Crippen LogP contribution is -2.56. The molecule has 144 valence electrons. The number of fused-ring (bicyclic) bond motifs is 1. The van der Waals surface area contributed by atoms with Crippen LogP contribution in [0.3, 0.4) is 0 Å². The van der Waals surface area contributed by atoms with Gasteiger partial charge in [0, 0.05) is 37.6 Å². The van der Waals surface area contributed by atoms with E-state index in [2.05, 4.69) is 10.3 Å². The number of pyridine rings is 1. The number of aromatic nitrogens is 1. The van der Waals surface area contributed by atoms with Gasteiger partial charge in [-0.2, -0.15) is 0 Å². The van der Waals surface area contributed by atoms with Crippen LogP contribution in [0.5, 0.6) is 0 Å². The Bertz CT molecular complexity index is 882. The van der Waals surface area contributed by atoms with Crippen molar-refractivity contribution in [2.75, 3.05) is 13.1 Å². The lowest BCUT2D eigenvalue weighted by molar-refractivity contribution is -0.154. The SMILES string of the molecule is O=C(NCc1cccnc1)c1ccc(CN2CC(=O)N3CCC[C@@H]3C2=O)cc1. The molecule has 7 heteroatoms. The van der Waals surface area contributed by atoms with Crippen LogP contribution in [0.4, 0.5) is 0 Å². The summed E-state index contributed by atoms with van der Waals surface area (Å²) in [5.41, 5.74) is 2.38. The van der Waals surface area contributed by atoms with Crippen LogP contribution in [0.15, 0.2) is 48.8 Å². The maximum atomic E-state index is 12.6. The fraction of sp³-hybridized carbons (Fsp3) is 0.333. The zero-order chi connectivity index (χ0) is 19.5. The summed E-state index contributed by atoms with van der Waals surface area (Å²) < 4.78 is 0. The van der Waals surface area contributed by atoms with E-state index in [4.69, 9.17) is 0 Å². The van der Waals surface area contributed by atoms with Gasteiger partial charge in [-0.3, -0.25) is 19.4 Å². The number of piperazine rings is 1. The standard InChI is InChI=1S/C21H22N4O3/c26-19-14-24(21(28)18-4-2-10-25(18)19)13-15-5-7-17(8-6-15)20(27)23-12-16-3-1-9-22-11-16/h1,3,5-9,11,18H,2,4,10,12-14H2,(H,23,27)/t18-/m1/s1. The number of hydrogen-bond acceptors (Lipinski definition) is 4. The van der Waals surface area contributed by atoms with Crippen molar-refractivity contribution < 1.29 is 14.4 Å². The number of rotatable bonds is 5. The molecule has 3 heterocycles. The highest BCUT2D eigenvalue weighted by molar-refractivity contribution is 5.95. The number of hydrogen-bond donors (Lipinski definition) is 1. The minimum atomic E-state index is -0.293. The van der Waals surface area contributed by atoms with E-state index in [9.17, 15) is 14.4 Å². The van der Waals surface area contributed by atoms with Gasteiger partial charge in [0.25, 0.3) is 5.91 Å². The fourth-order valence-corrected chi connectivity index (χ4v) is 3.77. The van der Waals surface area contributed by atoms with Crippen LogP contribution in [0.25, 0.3) is 0 Å². The van der Waals surface area contributed by atoms with E-state index in [0.29, 0.717) is 25.2 Å². The topological polar surface area (TPSA) is 82.6 Å². The fourth-order valence-electron chi connectivity index (χ4n) is 3.77. The number of nitrogens with one attached hydrogen (secondary N) is 1. The average molecular weight is 378 g/mol. The zero-order valence-electron chi connectivity index (χ0n) is 15.5. The van der Waals surface area contributed by atoms with Crippen LogP contribution in [0.2, 0.25) is 0 Å². The molecule has 0 saturated carbocycles. The molecule has 2 saturated heterocycles. The van der Waals surface area contributed by atoms with Gasteiger partial charge in [0.05, 0.1) is 0 Å². The predicted octanol–water partition coefficient (Wildman–Crippen LogP) is 1.34. The minimum Gasteiger partial charge on any atom is -0.348 e. The molecule has 1 atom stereocenters. The second-order valence-electron chi connectivity index (χ2n) is 7.18. The molecule has 2 fully saturated rings. The Morgan fingerprint density at radius 3 is 2.71 bits per heavy atom. The van der Waals surface area contributed by atoms with Crippen LogP contribution in [-0.2, 0) is 22.7 Å².